The molecule has 1 aliphatic carbocycles. The second kappa shape index (κ2) is 5.48. The van der Waals surface area contributed by atoms with Crippen LogP contribution in [0.3, 0.4) is 0 Å². The van der Waals surface area contributed by atoms with Gasteiger partial charge in [0.05, 0.1) is 0 Å². The molecule has 0 radical (unpaired) electrons. The number of nitrogens with one attached hydrogen (secondary N) is 1. The van der Waals surface area contributed by atoms with Crippen molar-refractivity contribution < 1.29 is 13.6 Å². The van der Waals surface area contributed by atoms with Gasteiger partial charge in [0.25, 0.3) is 5.91 Å². The third kappa shape index (κ3) is 2.98. The van der Waals surface area contributed by atoms with E-state index in [0.717, 1.165) is 44.1 Å². The van der Waals surface area contributed by atoms with Crippen molar-refractivity contribution in [1.29, 1.82) is 0 Å². The van der Waals surface area contributed by atoms with E-state index in [4.69, 9.17) is 0 Å². The van der Waals surface area contributed by atoms with Gasteiger partial charge in [-0.3, -0.25) is 4.79 Å². The zero-order valence-electron chi connectivity index (χ0n) is 11.2. The van der Waals surface area contributed by atoms with E-state index in [2.05, 4.69) is 10.2 Å². The van der Waals surface area contributed by atoms with Crippen LogP contribution in [0.4, 0.5) is 8.78 Å². The molecule has 0 bridgehead atoms. The monoisotopic (exact) mass is 280 g/mol. The van der Waals surface area contributed by atoms with E-state index < -0.39 is 11.6 Å². The molecule has 3 rings (SSSR count). The number of rotatable bonds is 3. The van der Waals surface area contributed by atoms with Gasteiger partial charge in [0, 0.05) is 30.7 Å². The molecule has 0 atom stereocenters. The summed E-state index contributed by atoms with van der Waals surface area (Å²) in [6.07, 6.45) is 4.44. The van der Waals surface area contributed by atoms with Gasteiger partial charge in [0.15, 0.2) is 11.6 Å². The molecule has 1 heterocycles. The highest BCUT2D eigenvalue weighted by Crippen LogP contribution is 2.29. The van der Waals surface area contributed by atoms with Crippen molar-refractivity contribution in [2.75, 3.05) is 13.1 Å². The van der Waals surface area contributed by atoms with Gasteiger partial charge in [0.1, 0.15) is 0 Å². The van der Waals surface area contributed by atoms with Gasteiger partial charge in [-0.1, -0.05) is 0 Å². The predicted molar refractivity (Wildman–Crippen MR) is 71.4 cm³/mol. The molecule has 2 aliphatic rings. The number of benzene rings is 1. The quantitative estimate of drug-likeness (QED) is 0.921. The molecule has 1 aliphatic heterocycles. The second-order valence-corrected chi connectivity index (χ2v) is 5.64. The number of hydrogen-bond acceptors (Lipinski definition) is 2. The lowest BCUT2D eigenvalue weighted by Crippen LogP contribution is -2.45. The molecule has 20 heavy (non-hydrogen) atoms. The topological polar surface area (TPSA) is 32.3 Å². The Bertz CT molecular complexity index is 509. The van der Waals surface area contributed by atoms with Crippen molar-refractivity contribution in [2.24, 2.45) is 0 Å². The molecule has 0 spiro atoms. The van der Waals surface area contributed by atoms with Crippen LogP contribution in [0.2, 0.25) is 0 Å². The van der Waals surface area contributed by atoms with Crippen molar-refractivity contribution in [2.45, 2.75) is 37.8 Å². The SMILES string of the molecule is O=C(NC1CCN(C2CC2)CC1)c1ccc(F)c(F)c1. The third-order valence-corrected chi connectivity index (χ3v) is 4.11. The molecule has 1 aromatic carbocycles. The first-order valence-electron chi connectivity index (χ1n) is 7.13. The lowest BCUT2D eigenvalue weighted by molar-refractivity contribution is 0.0908. The molecule has 108 valence electrons. The van der Waals surface area contributed by atoms with Gasteiger partial charge in [-0.05, 0) is 43.9 Å². The number of carbonyl (C=O) groups excluding carboxylic acids is 1. The summed E-state index contributed by atoms with van der Waals surface area (Å²) in [5.41, 5.74) is 0.175. The molecule has 0 aromatic heterocycles. The summed E-state index contributed by atoms with van der Waals surface area (Å²) >= 11 is 0. The van der Waals surface area contributed by atoms with E-state index in [1.165, 1.54) is 18.9 Å². The molecular formula is C15H18F2N2O. The number of piperidine rings is 1. The number of amides is 1. The number of halogens is 2. The highest BCUT2D eigenvalue weighted by molar-refractivity contribution is 5.94. The van der Waals surface area contributed by atoms with Gasteiger partial charge < -0.3 is 10.2 Å². The molecule has 1 amide bonds. The van der Waals surface area contributed by atoms with Crippen LogP contribution >= 0.6 is 0 Å². The summed E-state index contributed by atoms with van der Waals surface area (Å²) < 4.78 is 25.9. The van der Waals surface area contributed by atoms with Crippen LogP contribution in [0.25, 0.3) is 0 Å². The Morgan fingerprint density at radius 1 is 1.10 bits per heavy atom. The lowest BCUT2D eigenvalue weighted by atomic mass is 10.0. The number of likely N-dealkylation sites (tertiary alicyclic amines) is 1. The Balaban J connectivity index is 1.54. The van der Waals surface area contributed by atoms with Crippen LogP contribution in [-0.4, -0.2) is 36.0 Å². The summed E-state index contributed by atoms with van der Waals surface area (Å²) in [6, 6.07) is 4.14. The van der Waals surface area contributed by atoms with E-state index in [-0.39, 0.29) is 17.5 Å². The van der Waals surface area contributed by atoms with Crippen molar-refractivity contribution in [1.82, 2.24) is 10.2 Å². The van der Waals surface area contributed by atoms with E-state index in [0.29, 0.717) is 0 Å². The van der Waals surface area contributed by atoms with Gasteiger partial charge in [0.2, 0.25) is 0 Å². The predicted octanol–water partition coefficient (Wildman–Crippen LogP) is 2.32. The third-order valence-electron chi connectivity index (χ3n) is 4.11. The molecule has 3 nitrogen and oxygen atoms in total. The zero-order valence-corrected chi connectivity index (χ0v) is 11.2. The first-order valence-corrected chi connectivity index (χ1v) is 7.13. The van der Waals surface area contributed by atoms with E-state index in [1.807, 2.05) is 0 Å². The van der Waals surface area contributed by atoms with E-state index >= 15 is 0 Å². The minimum absolute atomic E-state index is 0.130. The van der Waals surface area contributed by atoms with E-state index in [9.17, 15) is 13.6 Å². The smallest absolute Gasteiger partial charge is 0.251 e. The van der Waals surface area contributed by atoms with Gasteiger partial charge in [-0.25, -0.2) is 8.78 Å². The standard InChI is InChI=1S/C15H18F2N2O/c16-13-4-1-10(9-14(13)17)15(20)18-11-5-7-19(8-6-11)12-2-3-12/h1,4,9,11-12H,2-3,5-8H2,(H,18,20). The van der Waals surface area contributed by atoms with Gasteiger partial charge in [-0.15, -0.1) is 0 Å². The van der Waals surface area contributed by atoms with Gasteiger partial charge in [-0.2, -0.15) is 0 Å². The Labute approximate surface area is 117 Å². The summed E-state index contributed by atoms with van der Waals surface area (Å²) in [5.74, 6) is -2.24. The average Bonchev–Trinajstić information content (AvgIpc) is 3.27. The van der Waals surface area contributed by atoms with Gasteiger partial charge >= 0.3 is 0 Å². The Morgan fingerprint density at radius 3 is 2.40 bits per heavy atom. The van der Waals surface area contributed by atoms with Crippen LogP contribution < -0.4 is 5.32 Å². The fraction of sp³-hybridized carbons (Fsp3) is 0.533. The van der Waals surface area contributed by atoms with Crippen LogP contribution in [0.5, 0.6) is 0 Å². The van der Waals surface area contributed by atoms with Crippen molar-refractivity contribution in [3.05, 3.63) is 35.4 Å². The van der Waals surface area contributed by atoms with E-state index in [1.54, 1.807) is 0 Å². The summed E-state index contributed by atoms with van der Waals surface area (Å²) in [4.78, 5) is 14.5. The molecule has 1 saturated carbocycles. The van der Waals surface area contributed by atoms with Crippen LogP contribution in [0.15, 0.2) is 18.2 Å². The average molecular weight is 280 g/mol. The molecule has 0 unspecified atom stereocenters. The maximum absolute atomic E-state index is 13.1. The summed E-state index contributed by atoms with van der Waals surface area (Å²) in [5, 5.41) is 2.91. The fourth-order valence-corrected chi connectivity index (χ4v) is 2.75. The first kappa shape index (κ1) is 13.5. The molecule has 1 saturated heterocycles. The first-order chi connectivity index (χ1) is 9.63. The Hall–Kier alpha value is -1.49. The highest BCUT2D eigenvalue weighted by atomic mass is 19.2. The highest BCUT2D eigenvalue weighted by Gasteiger charge is 2.32. The largest absolute Gasteiger partial charge is 0.349 e. The summed E-state index contributed by atoms with van der Waals surface area (Å²) in [6.45, 7) is 2.01. The molecule has 1 N–H and O–H groups in total. The second-order valence-electron chi connectivity index (χ2n) is 5.64. The number of carbonyl (C=O) groups is 1. The van der Waals surface area contributed by atoms with Crippen molar-refractivity contribution in [3.8, 4) is 0 Å². The molecule has 2 fully saturated rings. The summed E-state index contributed by atoms with van der Waals surface area (Å²) in [7, 11) is 0. The van der Waals surface area contributed by atoms with Crippen molar-refractivity contribution >= 4 is 5.91 Å². The molecule has 1 aromatic rings. The Morgan fingerprint density at radius 2 is 1.80 bits per heavy atom. The maximum Gasteiger partial charge on any atom is 0.251 e. The number of nitrogens with zero attached hydrogens (tertiary/aromatic N) is 1. The Kier molecular flexibility index (Phi) is 3.70. The minimum Gasteiger partial charge on any atom is -0.349 e. The number of hydrogen-bond donors (Lipinski definition) is 1. The van der Waals surface area contributed by atoms with Crippen LogP contribution in [0, 0.1) is 11.6 Å². The maximum atomic E-state index is 13.1. The van der Waals surface area contributed by atoms with Crippen LogP contribution in [-0.2, 0) is 0 Å². The fourth-order valence-electron chi connectivity index (χ4n) is 2.75. The van der Waals surface area contributed by atoms with Crippen molar-refractivity contribution in [3.63, 3.8) is 0 Å². The zero-order chi connectivity index (χ0) is 14.1. The normalized spacial score (nSPS) is 20.9. The molecular weight excluding hydrogens is 262 g/mol. The van der Waals surface area contributed by atoms with Crippen LogP contribution in [0.1, 0.15) is 36.0 Å². The minimum atomic E-state index is -0.985. The molecule has 5 heteroatoms. The lowest BCUT2D eigenvalue weighted by Gasteiger charge is -2.32.